The first-order valence-electron chi connectivity index (χ1n) is 6.79. The van der Waals surface area contributed by atoms with E-state index in [1.54, 1.807) is 6.07 Å². The number of non-ortho nitro benzene ring substituents is 1. The average Bonchev–Trinajstić information content (AvgIpc) is 2.90. The predicted molar refractivity (Wildman–Crippen MR) is 82.3 cm³/mol. The SMILES string of the molecule is CC(C)c1ccc(-c2nc3ccc([N+](=O)[O-])cc3[nH]2)cc1. The smallest absolute Gasteiger partial charge is 0.271 e. The first-order valence-corrected chi connectivity index (χ1v) is 6.79. The maximum Gasteiger partial charge on any atom is 0.271 e. The number of hydrogen-bond donors (Lipinski definition) is 1. The summed E-state index contributed by atoms with van der Waals surface area (Å²) in [6, 6.07) is 12.8. The summed E-state index contributed by atoms with van der Waals surface area (Å²) >= 11 is 0. The van der Waals surface area contributed by atoms with E-state index in [0.29, 0.717) is 11.4 Å². The van der Waals surface area contributed by atoms with Crippen LogP contribution >= 0.6 is 0 Å². The zero-order chi connectivity index (χ0) is 15.0. The second-order valence-corrected chi connectivity index (χ2v) is 5.32. The van der Waals surface area contributed by atoms with E-state index >= 15 is 0 Å². The molecular formula is C16H15N3O2. The van der Waals surface area contributed by atoms with Crippen LogP contribution in [-0.4, -0.2) is 14.9 Å². The van der Waals surface area contributed by atoms with Gasteiger partial charge in [0.15, 0.2) is 0 Å². The molecule has 106 valence electrons. The van der Waals surface area contributed by atoms with Crippen LogP contribution in [0, 0.1) is 10.1 Å². The fraction of sp³-hybridized carbons (Fsp3) is 0.188. The molecule has 1 N–H and O–H groups in total. The number of hydrogen-bond acceptors (Lipinski definition) is 3. The summed E-state index contributed by atoms with van der Waals surface area (Å²) in [5.74, 6) is 1.21. The molecule has 1 aromatic heterocycles. The summed E-state index contributed by atoms with van der Waals surface area (Å²) in [6.45, 7) is 4.30. The number of imidazole rings is 1. The zero-order valence-electron chi connectivity index (χ0n) is 11.8. The Morgan fingerprint density at radius 3 is 2.48 bits per heavy atom. The molecule has 0 atom stereocenters. The van der Waals surface area contributed by atoms with Gasteiger partial charge in [0.1, 0.15) is 5.82 Å². The molecule has 0 amide bonds. The summed E-state index contributed by atoms with van der Waals surface area (Å²) in [6.07, 6.45) is 0. The molecule has 2 aromatic carbocycles. The number of benzene rings is 2. The largest absolute Gasteiger partial charge is 0.338 e. The normalized spacial score (nSPS) is 11.2. The molecule has 0 saturated heterocycles. The maximum atomic E-state index is 10.8. The van der Waals surface area contributed by atoms with Crippen molar-refractivity contribution < 1.29 is 4.92 Å². The highest BCUT2D eigenvalue weighted by Gasteiger charge is 2.10. The predicted octanol–water partition coefficient (Wildman–Crippen LogP) is 4.26. The van der Waals surface area contributed by atoms with E-state index in [9.17, 15) is 10.1 Å². The van der Waals surface area contributed by atoms with Crippen LogP contribution in [-0.2, 0) is 0 Å². The minimum atomic E-state index is -0.405. The van der Waals surface area contributed by atoms with Crippen molar-refractivity contribution in [2.75, 3.05) is 0 Å². The Morgan fingerprint density at radius 2 is 1.86 bits per heavy atom. The van der Waals surface area contributed by atoms with Gasteiger partial charge in [0.05, 0.1) is 16.0 Å². The number of fused-ring (bicyclic) bond motifs is 1. The van der Waals surface area contributed by atoms with Crippen LogP contribution in [0.4, 0.5) is 5.69 Å². The molecule has 3 aromatic rings. The number of nitro benzene ring substituents is 1. The van der Waals surface area contributed by atoms with Gasteiger partial charge in [-0.1, -0.05) is 38.1 Å². The van der Waals surface area contributed by atoms with Gasteiger partial charge in [0.25, 0.3) is 5.69 Å². The molecule has 5 nitrogen and oxygen atoms in total. The monoisotopic (exact) mass is 281 g/mol. The van der Waals surface area contributed by atoms with Crippen molar-refractivity contribution in [2.24, 2.45) is 0 Å². The van der Waals surface area contributed by atoms with Crippen LogP contribution in [0.2, 0.25) is 0 Å². The topological polar surface area (TPSA) is 71.8 Å². The van der Waals surface area contributed by atoms with Crippen molar-refractivity contribution >= 4 is 16.7 Å². The van der Waals surface area contributed by atoms with Crippen LogP contribution in [0.5, 0.6) is 0 Å². The Kier molecular flexibility index (Phi) is 3.17. The van der Waals surface area contributed by atoms with E-state index in [1.807, 2.05) is 12.1 Å². The van der Waals surface area contributed by atoms with E-state index in [2.05, 4.69) is 35.9 Å². The lowest BCUT2D eigenvalue weighted by atomic mass is 10.0. The lowest BCUT2D eigenvalue weighted by molar-refractivity contribution is -0.384. The Bertz CT molecular complexity index is 804. The lowest BCUT2D eigenvalue weighted by Gasteiger charge is -2.05. The highest BCUT2D eigenvalue weighted by molar-refractivity contribution is 5.81. The summed E-state index contributed by atoms with van der Waals surface area (Å²) < 4.78 is 0. The van der Waals surface area contributed by atoms with Crippen molar-refractivity contribution in [1.29, 1.82) is 0 Å². The van der Waals surface area contributed by atoms with Gasteiger partial charge >= 0.3 is 0 Å². The van der Waals surface area contributed by atoms with Crippen molar-refractivity contribution in [1.82, 2.24) is 9.97 Å². The minimum absolute atomic E-state index is 0.0628. The quantitative estimate of drug-likeness (QED) is 0.576. The van der Waals surface area contributed by atoms with Crippen molar-refractivity contribution in [3.8, 4) is 11.4 Å². The highest BCUT2D eigenvalue weighted by atomic mass is 16.6. The molecule has 3 rings (SSSR count). The van der Waals surface area contributed by atoms with Crippen LogP contribution in [0.25, 0.3) is 22.4 Å². The van der Waals surface area contributed by atoms with E-state index in [1.165, 1.54) is 17.7 Å². The summed E-state index contributed by atoms with van der Waals surface area (Å²) in [5, 5.41) is 10.8. The Hall–Kier alpha value is -2.69. The molecule has 0 aliphatic heterocycles. The van der Waals surface area contributed by atoms with Gasteiger partial charge in [0, 0.05) is 17.7 Å². The molecule has 1 heterocycles. The fourth-order valence-corrected chi connectivity index (χ4v) is 2.27. The average molecular weight is 281 g/mol. The van der Waals surface area contributed by atoms with E-state index in [-0.39, 0.29) is 5.69 Å². The summed E-state index contributed by atoms with van der Waals surface area (Å²) in [7, 11) is 0. The molecule has 0 fully saturated rings. The minimum Gasteiger partial charge on any atom is -0.338 e. The maximum absolute atomic E-state index is 10.8. The first kappa shape index (κ1) is 13.3. The third-order valence-corrected chi connectivity index (χ3v) is 3.53. The molecule has 0 aliphatic rings. The number of aromatic amines is 1. The molecule has 0 aliphatic carbocycles. The number of rotatable bonds is 3. The summed E-state index contributed by atoms with van der Waals surface area (Å²) in [4.78, 5) is 18.0. The second-order valence-electron chi connectivity index (χ2n) is 5.32. The Labute approximate surface area is 121 Å². The molecular weight excluding hydrogens is 266 g/mol. The number of nitro groups is 1. The lowest BCUT2D eigenvalue weighted by Crippen LogP contribution is -1.87. The molecule has 0 unspecified atom stereocenters. The number of aromatic nitrogens is 2. The summed E-state index contributed by atoms with van der Waals surface area (Å²) in [5.41, 5.74) is 3.70. The molecule has 0 saturated carbocycles. The van der Waals surface area contributed by atoms with Gasteiger partial charge in [-0.25, -0.2) is 4.98 Å². The molecule has 21 heavy (non-hydrogen) atoms. The highest BCUT2D eigenvalue weighted by Crippen LogP contribution is 2.25. The van der Waals surface area contributed by atoms with E-state index in [0.717, 1.165) is 16.9 Å². The second kappa shape index (κ2) is 5.01. The van der Waals surface area contributed by atoms with Gasteiger partial charge in [-0.05, 0) is 17.5 Å². The third-order valence-electron chi connectivity index (χ3n) is 3.53. The molecule has 0 bridgehead atoms. The van der Waals surface area contributed by atoms with E-state index in [4.69, 9.17) is 0 Å². The number of nitrogens with one attached hydrogen (secondary N) is 1. The van der Waals surface area contributed by atoms with Crippen molar-refractivity contribution in [3.63, 3.8) is 0 Å². The zero-order valence-corrected chi connectivity index (χ0v) is 11.8. The number of nitrogens with zero attached hydrogens (tertiary/aromatic N) is 2. The van der Waals surface area contributed by atoms with Gasteiger partial charge in [0.2, 0.25) is 0 Å². The van der Waals surface area contributed by atoms with Crippen LogP contribution in [0.1, 0.15) is 25.3 Å². The van der Waals surface area contributed by atoms with Crippen molar-refractivity contribution in [3.05, 3.63) is 58.1 Å². The van der Waals surface area contributed by atoms with Gasteiger partial charge in [-0.2, -0.15) is 0 Å². The standard InChI is InChI=1S/C16H15N3O2/c1-10(2)11-3-5-12(6-4-11)16-17-14-8-7-13(19(20)21)9-15(14)18-16/h3-10H,1-2H3,(H,17,18). The Morgan fingerprint density at radius 1 is 1.14 bits per heavy atom. The van der Waals surface area contributed by atoms with Crippen LogP contribution in [0.3, 0.4) is 0 Å². The van der Waals surface area contributed by atoms with Gasteiger partial charge in [-0.15, -0.1) is 0 Å². The first-order chi connectivity index (χ1) is 10.0. The van der Waals surface area contributed by atoms with Gasteiger partial charge in [-0.3, -0.25) is 10.1 Å². The molecule has 0 radical (unpaired) electrons. The molecule has 5 heteroatoms. The van der Waals surface area contributed by atoms with Gasteiger partial charge < -0.3 is 4.98 Å². The number of H-pyrrole nitrogens is 1. The van der Waals surface area contributed by atoms with Crippen molar-refractivity contribution in [2.45, 2.75) is 19.8 Å². The van der Waals surface area contributed by atoms with E-state index < -0.39 is 4.92 Å². The molecule has 0 spiro atoms. The third kappa shape index (κ3) is 2.50. The Balaban J connectivity index is 2.02. The van der Waals surface area contributed by atoms with Crippen LogP contribution < -0.4 is 0 Å². The fourth-order valence-electron chi connectivity index (χ4n) is 2.27. The van der Waals surface area contributed by atoms with Crippen LogP contribution in [0.15, 0.2) is 42.5 Å².